The molecule has 10 nitrogen and oxygen atoms in total. The van der Waals surface area contributed by atoms with E-state index in [0.29, 0.717) is 61.8 Å². The van der Waals surface area contributed by atoms with E-state index in [0.717, 1.165) is 41.7 Å². The molecule has 2 amide bonds. The Morgan fingerprint density at radius 3 is 1.86 bits per heavy atom. The molecule has 6 heterocycles. The molecule has 218 valence electrons. The first-order valence-electron chi connectivity index (χ1n) is 14.6. The van der Waals surface area contributed by atoms with E-state index < -0.39 is 11.8 Å². The number of rotatable bonds is 2. The number of nitrogens with one attached hydrogen (secondary N) is 1. The second kappa shape index (κ2) is 11.9. The van der Waals surface area contributed by atoms with Crippen LogP contribution < -0.4 is 5.32 Å². The molecule has 0 spiro atoms. The monoisotopic (exact) mass is 576 g/mol. The van der Waals surface area contributed by atoms with E-state index in [9.17, 15) is 9.59 Å². The van der Waals surface area contributed by atoms with Crippen LogP contribution in [0.1, 0.15) is 16.7 Å². The van der Waals surface area contributed by atoms with E-state index in [1.165, 1.54) is 5.56 Å². The van der Waals surface area contributed by atoms with Crippen LogP contribution in [0.4, 0.5) is 0 Å². The molecule has 4 aromatic heterocycles. The van der Waals surface area contributed by atoms with Gasteiger partial charge in [0.15, 0.2) is 0 Å². The lowest BCUT2D eigenvalue weighted by Crippen LogP contribution is -2.31. The Morgan fingerprint density at radius 2 is 1.23 bits per heavy atom. The van der Waals surface area contributed by atoms with Crippen LogP contribution in [-0.2, 0) is 38.7 Å². The summed E-state index contributed by atoms with van der Waals surface area (Å²) in [5.74, 6) is -0.828. The summed E-state index contributed by atoms with van der Waals surface area (Å²) in [5, 5.41) is 4.18. The number of imide groups is 1. The molecule has 2 aliphatic rings. The Hall–Kier alpha value is -4.64. The van der Waals surface area contributed by atoms with E-state index in [2.05, 4.69) is 44.0 Å². The lowest BCUT2D eigenvalue weighted by molar-refractivity contribution is -0.122. The van der Waals surface area contributed by atoms with Crippen molar-refractivity contribution >= 4 is 45.0 Å². The molecule has 4 bridgehead atoms. The zero-order valence-corrected chi connectivity index (χ0v) is 23.7. The first-order valence-corrected chi connectivity index (χ1v) is 14.6. The van der Waals surface area contributed by atoms with Gasteiger partial charge >= 0.3 is 0 Å². The smallest absolute Gasteiger partial charge is 0.259 e. The molecule has 10 heteroatoms. The normalized spacial score (nSPS) is 17.5. The van der Waals surface area contributed by atoms with E-state index in [1.54, 1.807) is 12.4 Å². The first-order chi connectivity index (χ1) is 21.2. The van der Waals surface area contributed by atoms with Crippen molar-refractivity contribution in [2.24, 2.45) is 0 Å². The second-order valence-electron chi connectivity index (χ2n) is 10.7. The van der Waals surface area contributed by atoms with Crippen LogP contribution in [0.2, 0.25) is 0 Å². The number of hydrogen-bond donors (Lipinski definition) is 1. The van der Waals surface area contributed by atoms with Crippen molar-refractivity contribution < 1.29 is 19.1 Å². The van der Waals surface area contributed by atoms with Crippen LogP contribution in [0.15, 0.2) is 79.4 Å². The summed E-state index contributed by atoms with van der Waals surface area (Å²) in [5.41, 5.74) is 4.78. The largest absolute Gasteiger partial charge is 0.378 e. The van der Waals surface area contributed by atoms with Crippen LogP contribution in [0, 0.1) is 0 Å². The Balaban J connectivity index is 1.34. The number of hydrogen-bond acceptors (Lipinski definition) is 7. The lowest BCUT2D eigenvalue weighted by atomic mass is 9.96. The summed E-state index contributed by atoms with van der Waals surface area (Å²) in [6.45, 7) is 5.49. The molecule has 0 saturated carbocycles. The fourth-order valence-corrected chi connectivity index (χ4v) is 5.99. The molecule has 1 N–H and O–H groups in total. The van der Waals surface area contributed by atoms with Crippen LogP contribution in [-0.4, -0.2) is 75.3 Å². The van der Waals surface area contributed by atoms with E-state index in [4.69, 9.17) is 14.5 Å². The van der Waals surface area contributed by atoms with Crippen molar-refractivity contribution in [1.82, 2.24) is 29.3 Å². The fourth-order valence-electron chi connectivity index (χ4n) is 5.99. The number of pyridine rings is 2. The minimum Gasteiger partial charge on any atom is -0.378 e. The van der Waals surface area contributed by atoms with Crippen molar-refractivity contribution in [3.8, 4) is 0 Å². The maximum atomic E-state index is 13.5. The summed E-state index contributed by atoms with van der Waals surface area (Å²) in [6, 6.07) is 18.0. The van der Waals surface area contributed by atoms with Gasteiger partial charge in [-0.05, 0) is 29.8 Å². The Bertz CT molecular complexity index is 1840. The highest BCUT2D eigenvalue weighted by atomic mass is 16.5. The number of benzene rings is 1. The summed E-state index contributed by atoms with van der Waals surface area (Å²) < 4.78 is 15.9. The minimum absolute atomic E-state index is 0.350. The van der Waals surface area contributed by atoms with Crippen molar-refractivity contribution in [2.75, 3.05) is 39.5 Å². The minimum atomic E-state index is -0.416. The quantitative estimate of drug-likeness (QED) is 0.321. The molecule has 43 heavy (non-hydrogen) atoms. The molecule has 2 aliphatic heterocycles. The third-order valence-corrected chi connectivity index (χ3v) is 8.04. The topological polar surface area (TPSA) is 104 Å². The zero-order valence-electron chi connectivity index (χ0n) is 23.7. The third kappa shape index (κ3) is 5.36. The van der Waals surface area contributed by atoms with E-state index >= 15 is 0 Å². The molecule has 0 fully saturated rings. The number of carbonyl (C=O) groups excluding carboxylic acids is 2. The van der Waals surface area contributed by atoms with Gasteiger partial charge in [0, 0.05) is 79.4 Å². The molecule has 0 saturated heterocycles. The fraction of sp³-hybridized carbons (Fsp3) is 0.273. The predicted octanol–water partition coefficient (Wildman–Crippen LogP) is 3.50. The summed E-state index contributed by atoms with van der Waals surface area (Å²) >= 11 is 0. The SMILES string of the molecule is O=C1NC(=O)C2=C1c1cn(c3ncccc13)CCOCCOCCN(Cc1ccccc1)CCn1cc2c2cccnc21. The van der Waals surface area contributed by atoms with E-state index in [-0.39, 0.29) is 0 Å². The summed E-state index contributed by atoms with van der Waals surface area (Å²) in [4.78, 5) is 38.5. The Morgan fingerprint density at radius 1 is 0.651 bits per heavy atom. The van der Waals surface area contributed by atoms with Gasteiger partial charge in [0.25, 0.3) is 11.8 Å². The molecule has 7 rings (SSSR count). The van der Waals surface area contributed by atoms with Gasteiger partial charge in [0.2, 0.25) is 0 Å². The van der Waals surface area contributed by atoms with Crippen molar-refractivity contribution in [3.63, 3.8) is 0 Å². The van der Waals surface area contributed by atoms with Gasteiger partial charge in [-0.25, -0.2) is 9.97 Å². The van der Waals surface area contributed by atoms with Gasteiger partial charge in [-0.2, -0.15) is 0 Å². The van der Waals surface area contributed by atoms with Gasteiger partial charge in [-0.1, -0.05) is 30.3 Å². The average molecular weight is 577 g/mol. The van der Waals surface area contributed by atoms with Crippen LogP contribution in [0.5, 0.6) is 0 Å². The highest BCUT2D eigenvalue weighted by Gasteiger charge is 2.35. The number of ether oxygens (including phenoxy) is 2. The van der Waals surface area contributed by atoms with E-state index in [1.807, 2.05) is 47.3 Å². The molecule has 0 radical (unpaired) electrons. The number of amides is 2. The maximum Gasteiger partial charge on any atom is 0.259 e. The number of carbonyl (C=O) groups is 2. The lowest BCUT2D eigenvalue weighted by Gasteiger charge is -2.23. The van der Waals surface area contributed by atoms with Crippen LogP contribution >= 0.6 is 0 Å². The van der Waals surface area contributed by atoms with Crippen molar-refractivity contribution in [2.45, 2.75) is 19.6 Å². The summed E-state index contributed by atoms with van der Waals surface area (Å²) in [7, 11) is 0. The molecular weight excluding hydrogens is 544 g/mol. The number of nitrogens with zero attached hydrogens (tertiary/aromatic N) is 5. The zero-order chi connectivity index (χ0) is 29.2. The molecule has 5 aromatic rings. The van der Waals surface area contributed by atoms with Gasteiger partial charge in [0.05, 0.1) is 37.6 Å². The average Bonchev–Trinajstić information content (AvgIpc) is 3.67. The highest BCUT2D eigenvalue weighted by molar-refractivity contribution is 6.50. The second-order valence-corrected chi connectivity index (χ2v) is 10.7. The van der Waals surface area contributed by atoms with Crippen molar-refractivity contribution in [3.05, 3.63) is 96.1 Å². The van der Waals surface area contributed by atoms with Gasteiger partial charge in [0.1, 0.15) is 11.3 Å². The molecule has 1 aromatic carbocycles. The first kappa shape index (κ1) is 27.2. The Kier molecular flexibility index (Phi) is 7.55. The maximum absolute atomic E-state index is 13.5. The van der Waals surface area contributed by atoms with Crippen LogP contribution in [0.25, 0.3) is 33.2 Å². The van der Waals surface area contributed by atoms with Gasteiger partial charge in [-0.3, -0.25) is 19.8 Å². The molecule has 0 aliphatic carbocycles. The van der Waals surface area contributed by atoms with Crippen molar-refractivity contribution in [1.29, 1.82) is 0 Å². The molecule has 0 unspecified atom stereocenters. The Labute approximate surface area is 248 Å². The number of fused-ring (bicyclic) bond motifs is 12. The molecule has 0 atom stereocenters. The predicted molar refractivity (Wildman–Crippen MR) is 163 cm³/mol. The standard InChI is InChI=1S/C33H32N6O4/c40-32-28-26-21-38(30-24(26)8-4-10-34-30)13-12-37(20-23-6-2-1-3-7-23)14-16-42-18-19-43-17-15-39-22-27(29(28)33(41)36-32)25-9-5-11-35-31(25)39/h1-11,21-22H,12-20H2,(H,36,40,41). The van der Waals surface area contributed by atoms with Gasteiger partial charge < -0.3 is 18.6 Å². The van der Waals surface area contributed by atoms with Crippen LogP contribution in [0.3, 0.4) is 0 Å². The highest BCUT2D eigenvalue weighted by Crippen LogP contribution is 2.38. The van der Waals surface area contributed by atoms with Gasteiger partial charge in [-0.15, -0.1) is 0 Å². The third-order valence-electron chi connectivity index (χ3n) is 8.04. The molecular formula is C33H32N6O4. The summed E-state index contributed by atoms with van der Waals surface area (Å²) in [6.07, 6.45) is 7.35. The number of aromatic nitrogens is 4.